The Morgan fingerprint density at radius 1 is 0.970 bits per heavy atom. The number of rotatable bonds is 8. The van der Waals surface area contributed by atoms with E-state index in [1.54, 1.807) is 24.3 Å². The Bertz CT molecular complexity index is 1280. The molecule has 0 fully saturated rings. The van der Waals surface area contributed by atoms with Gasteiger partial charge in [0.2, 0.25) is 0 Å². The van der Waals surface area contributed by atoms with Crippen molar-refractivity contribution in [3.8, 4) is 5.75 Å². The van der Waals surface area contributed by atoms with Crippen LogP contribution in [0.4, 0.5) is 11.4 Å². The number of hydrogen-bond acceptors (Lipinski definition) is 6. The quantitative estimate of drug-likeness (QED) is 0.458. The van der Waals surface area contributed by atoms with Gasteiger partial charge in [-0.25, -0.2) is 13.2 Å². The predicted molar refractivity (Wildman–Crippen MR) is 125 cm³/mol. The van der Waals surface area contributed by atoms with E-state index in [0.29, 0.717) is 16.5 Å². The zero-order valence-corrected chi connectivity index (χ0v) is 19.4. The summed E-state index contributed by atoms with van der Waals surface area (Å²) in [4.78, 5) is 24.8. The molecule has 0 spiro atoms. The van der Waals surface area contributed by atoms with E-state index >= 15 is 0 Å². The molecule has 0 saturated heterocycles. The number of carbonyl (C=O) groups is 2. The molecule has 0 aliphatic carbocycles. The van der Waals surface area contributed by atoms with Gasteiger partial charge in [0.15, 0.2) is 6.61 Å². The van der Waals surface area contributed by atoms with Crippen LogP contribution < -0.4 is 14.8 Å². The average molecular weight is 489 g/mol. The van der Waals surface area contributed by atoms with E-state index in [9.17, 15) is 18.0 Å². The van der Waals surface area contributed by atoms with E-state index in [-0.39, 0.29) is 16.1 Å². The summed E-state index contributed by atoms with van der Waals surface area (Å²) in [6.07, 6.45) is 0. The number of amides is 1. The Morgan fingerprint density at radius 2 is 1.67 bits per heavy atom. The second-order valence-electron chi connectivity index (χ2n) is 6.93. The Labute approximate surface area is 196 Å². The summed E-state index contributed by atoms with van der Waals surface area (Å²) in [5.41, 5.74) is 1.31. The van der Waals surface area contributed by atoms with E-state index in [1.165, 1.54) is 43.5 Å². The smallest absolute Gasteiger partial charge is 0.340 e. The Balaban J connectivity index is 1.69. The van der Waals surface area contributed by atoms with Crippen molar-refractivity contribution in [2.24, 2.45) is 0 Å². The highest BCUT2D eigenvalue weighted by molar-refractivity contribution is 7.92. The number of hydrogen-bond donors (Lipinski definition) is 2. The van der Waals surface area contributed by atoms with Crippen LogP contribution in [0.25, 0.3) is 0 Å². The molecule has 8 nitrogen and oxygen atoms in total. The van der Waals surface area contributed by atoms with Crippen LogP contribution in [0.1, 0.15) is 15.9 Å². The van der Waals surface area contributed by atoms with Crippen LogP contribution in [0, 0.1) is 6.92 Å². The monoisotopic (exact) mass is 488 g/mol. The standard InChI is InChI=1S/C23H21ClN2O6S/c1-15-7-12-21(31-2)20(13-15)25-22(27)14-32-23(28)18-5-3-4-6-19(18)26-33(29,30)17-10-8-16(24)9-11-17/h3-13,26H,14H2,1-2H3,(H,25,27). The molecule has 0 heterocycles. The van der Waals surface area contributed by atoms with E-state index in [2.05, 4.69) is 10.0 Å². The van der Waals surface area contributed by atoms with Gasteiger partial charge in [-0.1, -0.05) is 29.8 Å². The highest BCUT2D eigenvalue weighted by Gasteiger charge is 2.20. The highest BCUT2D eigenvalue weighted by Crippen LogP contribution is 2.25. The maximum Gasteiger partial charge on any atom is 0.340 e. The van der Waals surface area contributed by atoms with Crippen molar-refractivity contribution < 1.29 is 27.5 Å². The number of ether oxygens (including phenoxy) is 2. The molecule has 0 unspecified atom stereocenters. The summed E-state index contributed by atoms with van der Waals surface area (Å²) in [7, 11) is -2.50. The number of anilines is 2. The fraction of sp³-hybridized carbons (Fsp3) is 0.130. The number of halogens is 1. The van der Waals surface area contributed by atoms with Gasteiger partial charge >= 0.3 is 5.97 Å². The van der Waals surface area contributed by atoms with Crippen LogP contribution in [-0.2, 0) is 19.6 Å². The molecule has 0 aliphatic heterocycles. The molecule has 0 aromatic heterocycles. The van der Waals surface area contributed by atoms with E-state index < -0.39 is 28.5 Å². The maximum absolute atomic E-state index is 12.7. The lowest BCUT2D eigenvalue weighted by atomic mass is 10.2. The number of benzene rings is 3. The molecule has 3 aromatic rings. The molecular formula is C23H21ClN2O6S. The van der Waals surface area contributed by atoms with Gasteiger partial charge in [-0.2, -0.15) is 0 Å². The van der Waals surface area contributed by atoms with Crippen molar-refractivity contribution in [1.29, 1.82) is 0 Å². The molecule has 10 heteroatoms. The molecule has 0 bridgehead atoms. The Hall–Kier alpha value is -3.56. The van der Waals surface area contributed by atoms with Crippen molar-refractivity contribution >= 4 is 44.9 Å². The lowest BCUT2D eigenvalue weighted by molar-refractivity contribution is -0.119. The minimum absolute atomic E-state index is 0.0122. The molecule has 3 aromatic carbocycles. The first-order chi connectivity index (χ1) is 15.7. The number of sulfonamides is 1. The van der Waals surface area contributed by atoms with Crippen molar-refractivity contribution in [2.75, 3.05) is 23.8 Å². The van der Waals surface area contributed by atoms with E-state index in [1.807, 2.05) is 13.0 Å². The van der Waals surface area contributed by atoms with Gasteiger partial charge in [0.1, 0.15) is 5.75 Å². The van der Waals surface area contributed by atoms with Crippen LogP contribution in [0.15, 0.2) is 71.6 Å². The molecule has 1 amide bonds. The van der Waals surface area contributed by atoms with Gasteiger partial charge in [-0.05, 0) is 61.0 Å². The summed E-state index contributed by atoms with van der Waals surface area (Å²) in [6.45, 7) is 1.28. The summed E-state index contributed by atoms with van der Waals surface area (Å²) in [5, 5.41) is 3.01. The molecule has 2 N–H and O–H groups in total. The van der Waals surface area contributed by atoms with Crippen LogP contribution in [0.3, 0.4) is 0 Å². The molecule has 3 rings (SSSR count). The topological polar surface area (TPSA) is 111 Å². The minimum Gasteiger partial charge on any atom is -0.495 e. The van der Waals surface area contributed by atoms with Gasteiger partial charge < -0.3 is 14.8 Å². The van der Waals surface area contributed by atoms with Gasteiger partial charge in [-0.3, -0.25) is 9.52 Å². The van der Waals surface area contributed by atoms with Crippen molar-refractivity contribution in [1.82, 2.24) is 0 Å². The number of nitrogens with one attached hydrogen (secondary N) is 2. The fourth-order valence-corrected chi connectivity index (χ4v) is 4.09. The molecular weight excluding hydrogens is 468 g/mol. The third-order valence-corrected chi connectivity index (χ3v) is 6.11. The predicted octanol–water partition coefficient (Wildman–Crippen LogP) is 4.25. The van der Waals surface area contributed by atoms with Crippen LogP contribution >= 0.6 is 11.6 Å². The zero-order chi connectivity index (χ0) is 24.0. The SMILES string of the molecule is COc1ccc(C)cc1NC(=O)COC(=O)c1ccccc1NS(=O)(=O)c1ccc(Cl)cc1. The third kappa shape index (κ3) is 6.24. The second-order valence-corrected chi connectivity index (χ2v) is 9.05. The number of methoxy groups -OCH3 is 1. The van der Waals surface area contributed by atoms with Gasteiger partial charge in [0, 0.05) is 5.02 Å². The Morgan fingerprint density at radius 3 is 2.36 bits per heavy atom. The molecule has 33 heavy (non-hydrogen) atoms. The number of para-hydroxylation sites is 1. The summed E-state index contributed by atoms with van der Waals surface area (Å²) in [6, 6.07) is 16.8. The first kappa shape index (κ1) is 24.1. The second kappa shape index (κ2) is 10.4. The normalized spacial score (nSPS) is 10.9. The summed E-state index contributed by atoms with van der Waals surface area (Å²) < 4.78 is 38.0. The molecule has 172 valence electrons. The Kier molecular flexibility index (Phi) is 7.57. The first-order valence-electron chi connectivity index (χ1n) is 9.68. The lowest BCUT2D eigenvalue weighted by Crippen LogP contribution is -2.22. The number of esters is 1. The molecule has 0 atom stereocenters. The maximum atomic E-state index is 12.7. The third-order valence-electron chi connectivity index (χ3n) is 4.48. The van der Waals surface area contributed by atoms with Crippen LogP contribution in [-0.4, -0.2) is 34.0 Å². The van der Waals surface area contributed by atoms with Crippen LogP contribution in [0.2, 0.25) is 5.02 Å². The molecule has 0 radical (unpaired) electrons. The van der Waals surface area contributed by atoms with E-state index in [4.69, 9.17) is 21.1 Å². The van der Waals surface area contributed by atoms with Crippen molar-refractivity contribution in [3.05, 3.63) is 82.9 Å². The van der Waals surface area contributed by atoms with E-state index in [0.717, 1.165) is 5.56 Å². The van der Waals surface area contributed by atoms with Gasteiger partial charge in [-0.15, -0.1) is 0 Å². The zero-order valence-electron chi connectivity index (χ0n) is 17.8. The van der Waals surface area contributed by atoms with Gasteiger partial charge in [0.25, 0.3) is 15.9 Å². The molecule has 0 aliphatic rings. The summed E-state index contributed by atoms with van der Waals surface area (Å²) in [5.74, 6) is -0.982. The van der Waals surface area contributed by atoms with Crippen molar-refractivity contribution in [2.45, 2.75) is 11.8 Å². The molecule has 0 saturated carbocycles. The lowest BCUT2D eigenvalue weighted by Gasteiger charge is -2.13. The van der Waals surface area contributed by atoms with Crippen LogP contribution in [0.5, 0.6) is 5.75 Å². The summed E-state index contributed by atoms with van der Waals surface area (Å²) >= 11 is 5.81. The van der Waals surface area contributed by atoms with Gasteiger partial charge in [0.05, 0.1) is 28.9 Å². The number of carbonyl (C=O) groups excluding carboxylic acids is 2. The first-order valence-corrected chi connectivity index (χ1v) is 11.5. The minimum atomic E-state index is -3.98. The largest absolute Gasteiger partial charge is 0.495 e. The van der Waals surface area contributed by atoms with Crippen molar-refractivity contribution in [3.63, 3.8) is 0 Å². The highest BCUT2D eigenvalue weighted by atomic mass is 35.5. The average Bonchev–Trinajstić information content (AvgIpc) is 2.78. The number of aryl methyl sites for hydroxylation is 1. The fourth-order valence-electron chi connectivity index (χ4n) is 2.88.